The van der Waals surface area contributed by atoms with E-state index in [0.717, 1.165) is 34.2 Å². The summed E-state index contributed by atoms with van der Waals surface area (Å²) in [4.78, 5) is 12.0. The molecule has 102 valence electrons. The molecular formula is C15H15N3OS. The van der Waals surface area contributed by atoms with Crippen molar-refractivity contribution in [2.75, 3.05) is 12.4 Å². The predicted octanol–water partition coefficient (Wildman–Crippen LogP) is 3.79. The van der Waals surface area contributed by atoms with Gasteiger partial charge in [0.25, 0.3) is 0 Å². The zero-order valence-corrected chi connectivity index (χ0v) is 12.3. The van der Waals surface area contributed by atoms with Crippen molar-refractivity contribution in [2.24, 2.45) is 0 Å². The molecule has 0 atom stereocenters. The first-order chi connectivity index (χ1) is 9.78. The summed E-state index contributed by atoms with van der Waals surface area (Å²) in [6, 6.07) is 1.93. The molecule has 3 heterocycles. The number of nitrogens with one attached hydrogen (secondary N) is 1. The molecule has 0 aromatic carbocycles. The summed E-state index contributed by atoms with van der Waals surface area (Å²) in [6.45, 7) is 1.94. The fourth-order valence-electron chi connectivity index (χ4n) is 2.91. The average molecular weight is 285 g/mol. The van der Waals surface area contributed by atoms with E-state index < -0.39 is 0 Å². The van der Waals surface area contributed by atoms with Gasteiger partial charge in [-0.2, -0.15) is 0 Å². The van der Waals surface area contributed by atoms with Crippen LogP contribution >= 0.6 is 11.3 Å². The maximum atomic E-state index is 5.37. The zero-order valence-electron chi connectivity index (χ0n) is 11.5. The first-order valence-corrected chi connectivity index (χ1v) is 7.64. The monoisotopic (exact) mass is 285 g/mol. The highest BCUT2D eigenvalue weighted by molar-refractivity contribution is 7.19. The average Bonchev–Trinajstić information content (AvgIpc) is 3.12. The second-order valence-electron chi connectivity index (χ2n) is 5.07. The van der Waals surface area contributed by atoms with Crippen LogP contribution in [0, 0.1) is 6.92 Å². The highest BCUT2D eigenvalue weighted by Crippen LogP contribution is 2.40. The third-order valence-electron chi connectivity index (χ3n) is 3.90. The van der Waals surface area contributed by atoms with Crippen LogP contribution in [0.25, 0.3) is 21.6 Å². The molecule has 0 unspecified atom stereocenters. The van der Waals surface area contributed by atoms with Crippen LogP contribution in [-0.2, 0) is 12.8 Å². The fourth-order valence-corrected chi connectivity index (χ4v) is 4.18. The topological polar surface area (TPSA) is 51.0 Å². The van der Waals surface area contributed by atoms with Gasteiger partial charge in [-0.1, -0.05) is 0 Å². The Balaban J connectivity index is 2.00. The number of aromatic nitrogens is 2. The molecule has 20 heavy (non-hydrogen) atoms. The molecule has 4 rings (SSSR count). The molecule has 4 nitrogen and oxygen atoms in total. The largest absolute Gasteiger partial charge is 0.469 e. The molecule has 0 aliphatic heterocycles. The quantitative estimate of drug-likeness (QED) is 0.778. The van der Waals surface area contributed by atoms with Gasteiger partial charge in [0.2, 0.25) is 0 Å². The lowest BCUT2D eigenvalue weighted by Gasteiger charge is -2.06. The van der Waals surface area contributed by atoms with Crippen molar-refractivity contribution >= 4 is 27.4 Å². The molecule has 0 bridgehead atoms. The van der Waals surface area contributed by atoms with Crippen molar-refractivity contribution in [1.82, 2.24) is 9.97 Å². The highest BCUT2D eigenvalue weighted by Gasteiger charge is 2.22. The Kier molecular flexibility index (Phi) is 2.57. The van der Waals surface area contributed by atoms with Gasteiger partial charge in [0, 0.05) is 11.9 Å². The summed E-state index contributed by atoms with van der Waals surface area (Å²) < 4.78 is 5.37. The van der Waals surface area contributed by atoms with E-state index in [1.54, 1.807) is 6.26 Å². The van der Waals surface area contributed by atoms with Crippen LogP contribution in [0.3, 0.4) is 0 Å². The van der Waals surface area contributed by atoms with Crippen molar-refractivity contribution in [1.29, 1.82) is 0 Å². The van der Waals surface area contributed by atoms with Crippen LogP contribution in [-0.4, -0.2) is 17.0 Å². The van der Waals surface area contributed by atoms with Crippen molar-refractivity contribution in [3.63, 3.8) is 0 Å². The Morgan fingerprint density at radius 1 is 1.30 bits per heavy atom. The fraction of sp³-hybridized carbons (Fsp3) is 0.333. The number of hydrogen-bond acceptors (Lipinski definition) is 5. The van der Waals surface area contributed by atoms with E-state index in [-0.39, 0.29) is 0 Å². The Labute approximate surface area is 120 Å². The first-order valence-electron chi connectivity index (χ1n) is 6.82. The van der Waals surface area contributed by atoms with Gasteiger partial charge in [-0.05, 0) is 37.8 Å². The van der Waals surface area contributed by atoms with Crippen LogP contribution < -0.4 is 5.32 Å². The number of fused-ring (bicyclic) bond motifs is 3. The lowest BCUT2D eigenvalue weighted by atomic mass is 10.2. The molecule has 0 radical (unpaired) electrons. The van der Waals surface area contributed by atoms with E-state index in [1.165, 1.54) is 28.7 Å². The third kappa shape index (κ3) is 1.59. The number of anilines is 1. The summed E-state index contributed by atoms with van der Waals surface area (Å²) >= 11 is 1.81. The van der Waals surface area contributed by atoms with Crippen molar-refractivity contribution in [3.8, 4) is 11.4 Å². The van der Waals surface area contributed by atoms with Crippen LogP contribution in [0.4, 0.5) is 5.82 Å². The van der Waals surface area contributed by atoms with Crippen LogP contribution in [0.15, 0.2) is 16.7 Å². The van der Waals surface area contributed by atoms with E-state index in [4.69, 9.17) is 14.4 Å². The number of aryl methyl sites for hydroxylation is 3. The third-order valence-corrected chi connectivity index (χ3v) is 5.09. The summed E-state index contributed by atoms with van der Waals surface area (Å²) in [5.41, 5.74) is 2.42. The summed E-state index contributed by atoms with van der Waals surface area (Å²) in [6.07, 6.45) is 5.27. The summed E-state index contributed by atoms with van der Waals surface area (Å²) in [7, 11) is 1.92. The molecule has 3 aromatic heterocycles. The number of nitrogens with zero attached hydrogens (tertiary/aromatic N) is 2. The van der Waals surface area contributed by atoms with Gasteiger partial charge in [-0.25, -0.2) is 9.97 Å². The standard InChI is InChI=1S/C15H15N3OS/c1-8-9(6-7-19-8)13-17-14(16-2)12-10-4-3-5-11(10)20-15(12)18-13/h6-7H,3-5H2,1-2H3,(H,16,17,18). The first kappa shape index (κ1) is 11.9. The maximum absolute atomic E-state index is 5.37. The molecule has 0 saturated heterocycles. The predicted molar refractivity (Wildman–Crippen MR) is 81.4 cm³/mol. The molecule has 0 amide bonds. The van der Waals surface area contributed by atoms with E-state index >= 15 is 0 Å². The minimum Gasteiger partial charge on any atom is -0.469 e. The van der Waals surface area contributed by atoms with Gasteiger partial charge < -0.3 is 9.73 Å². The molecule has 1 N–H and O–H groups in total. The Morgan fingerprint density at radius 3 is 2.95 bits per heavy atom. The van der Waals surface area contributed by atoms with Crippen LogP contribution in [0.5, 0.6) is 0 Å². The van der Waals surface area contributed by atoms with Crippen molar-refractivity contribution in [2.45, 2.75) is 26.2 Å². The van der Waals surface area contributed by atoms with Gasteiger partial charge in [-0.15, -0.1) is 11.3 Å². The van der Waals surface area contributed by atoms with Crippen molar-refractivity contribution in [3.05, 3.63) is 28.5 Å². The van der Waals surface area contributed by atoms with Crippen molar-refractivity contribution < 1.29 is 4.42 Å². The molecule has 5 heteroatoms. The van der Waals surface area contributed by atoms with E-state index in [0.29, 0.717) is 0 Å². The van der Waals surface area contributed by atoms with E-state index in [1.807, 2.05) is 31.4 Å². The number of hydrogen-bond donors (Lipinski definition) is 1. The zero-order chi connectivity index (χ0) is 13.7. The minimum atomic E-state index is 0.744. The molecule has 0 fully saturated rings. The van der Waals surface area contributed by atoms with E-state index in [2.05, 4.69) is 5.32 Å². The highest BCUT2D eigenvalue weighted by atomic mass is 32.1. The molecular weight excluding hydrogens is 270 g/mol. The molecule has 0 saturated carbocycles. The second kappa shape index (κ2) is 4.31. The Hall–Kier alpha value is -1.88. The van der Waals surface area contributed by atoms with Gasteiger partial charge in [0.1, 0.15) is 16.4 Å². The summed E-state index contributed by atoms with van der Waals surface area (Å²) in [5.74, 6) is 2.54. The minimum absolute atomic E-state index is 0.744. The van der Waals surface area contributed by atoms with E-state index in [9.17, 15) is 0 Å². The Bertz CT molecular complexity index is 803. The maximum Gasteiger partial charge on any atom is 0.166 e. The Morgan fingerprint density at radius 2 is 2.20 bits per heavy atom. The lowest BCUT2D eigenvalue weighted by molar-refractivity contribution is 0.535. The molecule has 1 aliphatic rings. The molecule has 3 aromatic rings. The van der Waals surface area contributed by atoms with Crippen LogP contribution in [0.1, 0.15) is 22.6 Å². The normalized spacial score (nSPS) is 13.9. The van der Waals surface area contributed by atoms with Gasteiger partial charge in [0.15, 0.2) is 5.82 Å². The summed E-state index contributed by atoms with van der Waals surface area (Å²) in [5, 5.41) is 4.45. The number of thiophene rings is 1. The number of rotatable bonds is 2. The second-order valence-corrected chi connectivity index (χ2v) is 6.16. The van der Waals surface area contributed by atoms with Gasteiger partial charge >= 0.3 is 0 Å². The number of furan rings is 1. The lowest BCUT2D eigenvalue weighted by Crippen LogP contribution is -1.98. The smallest absolute Gasteiger partial charge is 0.166 e. The molecule has 0 spiro atoms. The SMILES string of the molecule is CNc1nc(-c2ccoc2C)nc2sc3c(c12)CCC3. The van der Waals surface area contributed by atoms with Gasteiger partial charge in [0.05, 0.1) is 17.2 Å². The molecule has 1 aliphatic carbocycles. The van der Waals surface area contributed by atoms with Gasteiger partial charge in [-0.3, -0.25) is 0 Å². The van der Waals surface area contributed by atoms with Crippen LogP contribution in [0.2, 0.25) is 0 Å².